The van der Waals surface area contributed by atoms with Crippen LogP contribution in [-0.2, 0) is 4.79 Å². The first kappa shape index (κ1) is 19.3. The van der Waals surface area contributed by atoms with Crippen molar-refractivity contribution >= 4 is 5.97 Å². The van der Waals surface area contributed by atoms with E-state index >= 15 is 0 Å². The van der Waals surface area contributed by atoms with Crippen molar-refractivity contribution in [2.24, 2.45) is 11.8 Å². The third kappa shape index (κ3) is 9.27. The van der Waals surface area contributed by atoms with Gasteiger partial charge in [0.25, 0.3) is 0 Å². The molecule has 0 aromatic heterocycles. The van der Waals surface area contributed by atoms with E-state index in [1.54, 1.807) is 0 Å². The molecule has 0 bridgehead atoms. The van der Waals surface area contributed by atoms with Gasteiger partial charge in [-0.15, -0.1) is 0 Å². The SMILES string of the molecule is CCCCCCCC[C@H]1C=C[C@H]1CCCCCCCC(=O)O. The lowest BCUT2D eigenvalue weighted by molar-refractivity contribution is -0.137. The number of unbranched alkanes of at least 4 members (excludes halogenated alkanes) is 9. The molecule has 1 aliphatic carbocycles. The van der Waals surface area contributed by atoms with Gasteiger partial charge in [0.05, 0.1) is 0 Å². The van der Waals surface area contributed by atoms with Crippen molar-refractivity contribution in [1.29, 1.82) is 0 Å². The number of carbonyl (C=O) groups is 1. The molecule has 22 heavy (non-hydrogen) atoms. The summed E-state index contributed by atoms with van der Waals surface area (Å²) in [5.74, 6) is 1.05. The molecule has 0 aliphatic heterocycles. The van der Waals surface area contributed by atoms with Crippen LogP contribution in [0.25, 0.3) is 0 Å². The molecule has 0 aromatic rings. The molecular formula is C20H36O2. The molecule has 1 N–H and O–H groups in total. The first-order valence-electron chi connectivity index (χ1n) is 9.64. The van der Waals surface area contributed by atoms with Gasteiger partial charge in [-0.1, -0.05) is 83.3 Å². The van der Waals surface area contributed by atoms with Gasteiger partial charge in [0.2, 0.25) is 0 Å². The highest BCUT2D eigenvalue weighted by atomic mass is 16.4. The van der Waals surface area contributed by atoms with Crippen LogP contribution >= 0.6 is 0 Å². The van der Waals surface area contributed by atoms with Gasteiger partial charge in [-0.25, -0.2) is 0 Å². The van der Waals surface area contributed by atoms with Gasteiger partial charge in [0.1, 0.15) is 0 Å². The fourth-order valence-electron chi connectivity index (χ4n) is 3.39. The summed E-state index contributed by atoms with van der Waals surface area (Å²) < 4.78 is 0. The minimum Gasteiger partial charge on any atom is -0.481 e. The highest BCUT2D eigenvalue weighted by Gasteiger charge is 2.22. The van der Waals surface area contributed by atoms with Crippen molar-refractivity contribution in [3.63, 3.8) is 0 Å². The van der Waals surface area contributed by atoms with E-state index in [1.807, 2.05) is 0 Å². The van der Waals surface area contributed by atoms with Gasteiger partial charge in [-0.3, -0.25) is 4.79 Å². The molecule has 128 valence electrons. The Hall–Kier alpha value is -0.790. The summed E-state index contributed by atoms with van der Waals surface area (Å²) in [6, 6.07) is 0. The van der Waals surface area contributed by atoms with Crippen molar-refractivity contribution in [2.75, 3.05) is 0 Å². The predicted octanol–water partition coefficient (Wildman–Crippen LogP) is 6.35. The number of rotatable bonds is 15. The number of aliphatic carboxylic acids is 1. The zero-order chi connectivity index (χ0) is 16.0. The maximum atomic E-state index is 10.4. The van der Waals surface area contributed by atoms with Crippen LogP contribution in [0.4, 0.5) is 0 Å². The number of carboxylic acid groups (broad SMARTS) is 1. The number of allylic oxidation sites excluding steroid dienone is 2. The molecule has 0 saturated heterocycles. The standard InChI is InChI=1S/C20H36O2/c1-2-3-4-5-7-10-13-18-16-17-19(18)14-11-8-6-9-12-15-20(21)22/h16-19H,2-15H2,1H3,(H,21,22)/t18-,19+/m0/s1. The second-order valence-electron chi connectivity index (χ2n) is 6.97. The molecule has 0 heterocycles. The van der Waals surface area contributed by atoms with Crippen molar-refractivity contribution in [3.05, 3.63) is 12.2 Å². The van der Waals surface area contributed by atoms with Gasteiger partial charge in [-0.2, -0.15) is 0 Å². The molecule has 0 saturated carbocycles. The van der Waals surface area contributed by atoms with E-state index in [9.17, 15) is 4.79 Å². The van der Waals surface area contributed by atoms with E-state index in [2.05, 4.69) is 19.1 Å². The summed E-state index contributed by atoms with van der Waals surface area (Å²) in [5, 5.41) is 8.58. The normalized spacial score (nSPS) is 20.0. The lowest BCUT2D eigenvalue weighted by Gasteiger charge is -2.29. The molecule has 2 heteroatoms. The van der Waals surface area contributed by atoms with Crippen molar-refractivity contribution in [3.8, 4) is 0 Å². The van der Waals surface area contributed by atoms with E-state index < -0.39 is 5.97 Å². The van der Waals surface area contributed by atoms with E-state index in [4.69, 9.17) is 5.11 Å². The molecule has 1 aliphatic rings. The third-order valence-corrected chi connectivity index (χ3v) is 4.97. The Morgan fingerprint density at radius 2 is 1.23 bits per heavy atom. The smallest absolute Gasteiger partial charge is 0.303 e. The van der Waals surface area contributed by atoms with E-state index in [0.29, 0.717) is 6.42 Å². The predicted molar refractivity (Wildman–Crippen MR) is 94.1 cm³/mol. The van der Waals surface area contributed by atoms with Crippen LogP contribution in [0.2, 0.25) is 0 Å². The highest BCUT2D eigenvalue weighted by molar-refractivity contribution is 5.66. The summed E-state index contributed by atoms with van der Waals surface area (Å²) in [6.07, 6.45) is 22.0. The molecule has 1 rings (SSSR count). The first-order valence-corrected chi connectivity index (χ1v) is 9.64. The van der Waals surface area contributed by atoms with Crippen molar-refractivity contribution < 1.29 is 9.90 Å². The van der Waals surface area contributed by atoms with Crippen LogP contribution < -0.4 is 0 Å². The van der Waals surface area contributed by atoms with Gasteiger partial charge in [-0.05, 0) is 31.1 Å². The number of hydrogen-bond donors (Lipinski definition) is 1. The Bertz CT molecular complexity index is 309. The summed E-state index contributed by atoms with van der Waals surface area (Å²) in [5.41, 5.74) is 0. The Morgan fingerprint density at radius 1 is 0.773 bits per heavy atom. The minimum atomic E-state index is -0.655. The van der Waals surface area contributed by atoms with E-state index in [-0.39, 0.29) is 0 Å². The van der Waals surface area contributed by atoms with Gasteiger partial charge < -0.3 is 5.11 Å². The summed E-state index contributed by atoms with van der Waals surface area (Å²) in [6.45, 7) is 2.27. The maximum absolute atomic E-state index is 10.4. The van der Waals surface area contributed by atoms with Crippen LogP contribution in [0.5, 0.6) is 0 Å². The quantitative estimate of drug-likeness (QED) is 0.282. The molecule has 0 unspecified atom stereocenters. The molecular weight excluding hydrogens is 272 g/mol. The molecule has 2 atom stereocenters. The zero-order valence-corrected chi connectivity index (χ0v) is 14.6. The van der Waals surface area contributed by atoms with Crippen LogP contribution in [0.15, 0.2) is 12.2 Å². The Kier molecular flexibility index (Phi) is 11.1. The van der Waals surface area contributed by atoms with E-state index in [1.165, 1.54) is 70.6 Å². The Morgan fingerprint density at radius 3 is 1.68 bits per heavy atom. The van der Waals surface area contributed by atoms with Crippen LogP contribution in [0.3, 0.4) is 0 Å². The van der Waals surface area contributed by atoms with Gasteiger partial charge >= 0.3 is 5.97 Å². The van der Waals surface area contributed by atoms with E-state index in [0.717, 1.165) is 24.7 Å². The fourth-order valence-corrected chi connectivity index (χ4v) is 3.39. The third-order valence-electron chi connectivity index (χ3n) is 4.97. The summed E-state index contributed by atoms with van der Waals surface area (Å²) >= 11 is 0. The number of carboxylic acids is 1. The van der Waals surface area contributed by atoms with Crippen LogP contribution in [0.1, 0.15) is 96.8 Å². The Balaban J connectivity index is 1.88. The van der Waals surface area contributed by atoms with Crippen molar-refractivity contribution in [1.82, 2.24) is 0 Å². The fraction of sp³-hybridized carbons (Fsp3) is 0.850. The lowest BCUT2D eigenvalue weighted by Crippen LogP contribution is -2.18. The van der Waals surface area contributed by atoms with Gasteiger partial charge in [0, 0.05) is 6.42 Å². The zero-order valence-electron chi connectivity index (χ0n) is 14.6. The highest BCUT2D eigenvalue weighted by Crippen LogP contribution is 2.34. The topological polar surface area (TPSA) is 37.3 Å². The van der Waals surface area contributed by atoms with Crippen LogP contribution in [0, 0.1) is 11.8 Å². The molecule has 0 fully saturated rings. The summed E-state index contributed by atoms with van der Waals surface area (Å²) in [7, 11) is 0. The first-order chi connectivity index (χ1) is 10.7. The molecule has 0 amide bonds. The maximum Gasteiger partial charge on any atom is 0.303 e. The molecule has 2 nitrogen and oxygen atoms in total. The number of hydrogen-bond acceptors (Lipinski definition) is 1. The van der Waals surface area contributed by atoms with Gasteiger partial charge in [0.15, 0.2) is 0 Å². The second-order valence-corrected chi connectivity index (χ2v) is 6.97. The minimum absolute atomic E-state index is 0.339. The van der Waals surface area contributed by atoms with Crippen LogP contribution in [-0.4, -0.2) is 11.1 Å². The largest absolute Gasteiger partial charge is 0.481 e. The average Bonchev–Trinajstić information content (AvgIpc) is 2.47. The van der Waals surface area contributed by atoms with Crippen molar-refractivity contribution in [2.45, 2.75) is 96.8 Å². The molecule has 0 spiro atoms. The summed E-state index contributed by atoms with van der Waals surface area (Å²) in [4.78, 5) is 10.4. The Labute approximate surface area is 137 Å². The molecule has 0 aromatic carbocycles. The average molecular weight is 309 g/mol. The molecule has 0 radical (unpaired) electrons. The second kappa shape index (κ2) is 12.7. The monoisotopic (exact) mass is 308 g/mol. The lowest BCUT2D eigenvalue weighted by atomic mass is 9.76.